The summed E-state index contributed by atoms with van der Waals surface area (Å²) < 4.78 is 35.4. The molecule has 1 atom stereocenters. The first-order chi connectivity index (χ1) is 17.4. The van der Waals surface area contributed by atoms with Crippen LogP contribution in [-0.4, -0.2) is 58.5 Å². The second-order valence-electron chi connectivity index (χ2n) is 9.51. The first-order valence-corrected chi connectivity index (χ1v) is 12.1. The number of aromatic nitrogens is 3. The van der Waals surface area contributed by atoms with E-state index >= 15 is 4.39 Å². The van der Waals surface area contributed by atoms with Gasteiger partial charge in [-0.25, -0.2) is 19.3 Å². The van der Waals surface area contributed by atoms with Crippen molar-refractivity contribution in [2.24, 2.45) is 5.92 Å². The van der Waals surface area contributed by atoms with E-state index in [1.807, 2.05) is 7.05 Å². The van der Waals surface area contributed by atoms with Gasteiger partial charge in [0.1, 0.15) is 5.69 Å². The fourth-order valence-corrected chi connectivity index (χ4v) is 4.24. The summed E-state index contributed by atoms with van der Waals surface area (Å²) >= 11 is 0. The van der Waals surface area contributed by atoms with E-state index in [2.05, 4.69) is 25.2 Å². The maximum atomic E-state index is 15.7. The van der Waals surface area contributed by atoms with Gasteiger partial charge in [0.25, 0.3) is 5.91 Å². The molecule has 0 spiro atoms. The molecule has 188 valence electrons. The van der Waals surface area contributed by atoms with Crippen LogP contribution in [0.3, 0.4) is 0 Å². The fourth-order valence-electron chi connectivity index (χ4n) is 4.24. The molecule has 3 aromatic rings. The lowest BCUT2D eigenvalue weighted by molar-refractivity contribution is 0.0908. The number of pyridine rings is 3. The van der Waals surface area contributed by atoms with Crippen LogP contribution < -0.4 is 15.8 Å². The van der Waals surface area contributed by atoms with Gasteiger partial charge in [0.15, 0.2) is 5.82 Å². The highest BCUT2D eigenvalue weighted by molar-refractivity contribution is 5.97. The average Bonchev–Trinajstić information content (AvgIpc) is 3.70. The zero-order valence-electron chi connectivity index (χ0n) is 20.0. The van der Waals surface area contributed by atoms with Gasteiger partial charge in [-0.2, -0.15) is 4.39 Å². The van der Waals surface area contributed by atoms with Crippen LogP contribution >= 0.6 is 0 Å². The number of carbonyl (C=O) groups is 1. The summed E-state index contributed by atoms with van der Waals surface area (Å²) in [7, 11) is 1.98. The van der Waals surface area contributed by atoms with E-state index in [0.717, 1.165) is 19.4 Å². The van der Waals surface area contributed by atoms with Crippen molar-refractivity contribution < 1.29 is 18.3 Å². The highest BCUT2D eigenvalue weighted by Gasteiger charge is 2.25. The quantitative estimate of drug-likeness (QED) is 0.483. The van der Waals surface area contributed by atoms with E-state index in [9.17, 15) is 9.18 Å². The minimum atomic E-state index is -0.936. The van der Waals surface area contributed by atoms with Crippen molar-refractivity contribution in [3.8, 4) is 28.5 Å². The summed E-state index contributed by atoms with van der Waals surface area (Å²) in [6, 6.07) is 7.40. The Labute approximate surface area is 207 Å². The van der Waals surface area contributed by atoms with Crippen LogP contribution in [0, 0.1) is 17.7 Å². The van der Waals surface area contributed by atoms with Gasteiger partial charge in [-0.1, -0.05) is 0 Å². The van der Waals surface area contributed by atoms with Crippen molar-refractivity contribution in [2.75, 3.05) is 32.5 Å². The number of piperidine rings is 1. The highest BCUT2D eigenvalue weighted by Crippen LogP contribution is 2.31. The lowest BCUT2D eigenvalue weighted by Crippen LogP contribution is -2.46. The summed E-state index contributed by atoms with van der Waals surface area (Å²) in [6.07, 6.45) is 5.64. The van der Waals surface area contributed by atoms with E-state index in [0.29, 0.717) is 36.2 Å². The number of amides is 1. The molecular weight excluding hydrogens is 466 g/mol. The number of likely N-dealkylation sites (tertiary alicyclic amines) is 1. The second-order valence-corrected chi connectivity index (χ2v) is 9.51. The van der Waals surface area contributed by atoms with Crippen LogP contribution in [0.1, 0.15) is 36.0 Å². The van der Waals surface area contributed by atoms with Crippen molar-refractivity contribution in [3.63, 3.8) is 0 Å². The molecule has 3 aromatic heterocycles. The number of halogens is 2. The Kier molecular flexibility index (Phi) is 6.77. The van der Waals surface area contributed by atoms with Crippen LogP contribution in [0.4, 0.5) is 14.5 Å². The number of nitrogen functional groups attached to an aromatic ring is 1. The van der Waals surface area contributed by atoms with E-state index in [1.54, 1.807) is 18.3 Å². The monoisotopic (exact) mass is 494 g/mol. The molecule has 4 heterocycles. The maximum Gasteiger partial charge on any atom is 0.254 e. The predicted molar refractivity (Wildman–Crippen MR) is 131 cm³/mol. The molecule has 1 aliphatic heterocycles. The van der Waals surface area contributed by atoms with Crippen LogP contribution in [-0.2, 0) is 0 Å². The largest absolute Gasteiger partial charge is 0.477 e. The molecule has 2 fully saturated rings. The van der Waals surface area contributed by atoms with Crippen molar-refractivity contribution in [2.45, 2.75) is 31.7 Å². The van der Waals surface area contributed by atoms with Gasteiger partial charge in [0.05, 0.1) is 29.2 Å². The number of likely N-dealkylation sites (N-methyl/N-ethyl adjacent to an activating group) is 1. The molecule has 0 aromatic carbocycles. The Hall–Kier alpha value is -3.66. The summed E-state index contributed by atoms with van der Waals surface area (Å²) in [5.74, 6) is -1.31. The van der Waals surface area contributed by atoms with Crippen LogP contribution in [0.15, 0.2) is 36.5 Å². The minimum Gasteiger partial charge on any atom is -0.477 e. The van der Waals surface area contributed by atoms with Gasteiger partial charge in [0, 0.05) is 30.4 Å². The number of hydrogen-bond donors (Lipinski definition) is 2. The van der Waals surface area contributed by atoms with Crippen molar-refractivity contribution >= 4 is 11.6 Å². The number of rotatable bonds is 7. The van der Waals surface area contributed by atoms with E-state index in [-0.39, 0.29) is 28.7 Å². The molecule has 0 bridgehead atoms. The number of nitrogens with zero attached hydrogens (tertiary/aromatic N) is 4. The van der Waals surface area contributed by atoms with E-state index in [1.165, 1.54) is 31.0 Å². The normalized spacial score (nSPS) is 18.1. The minimum absolute atomic E-state index is 0.0650. The molecule has 1 saturated carbocycles. The summed E-state index contributed by atoms with van der Waals surface area (Å²) in [4.78, 5) is 27.8. The zero-order chi connectivity index (χ0) is 25.2. The average molecular weight is 495 g/mol. The van der Waals surface area contributed by atoms with Crippen LogP contribution in [0.2, 0.25) is 0 Å². The summed E-state index contributed by atoms with van der Waals surface area (Å²) in [6.45, 7) is 2.25. The van der Waals surface area contributed by atoms with Crippen LogP contribution in [0.25, 0.3) is 22.6 Å². The molecule has 10 heteroatoms. The Morgan fingerprint density at radius 3 is 2.69 bits per heavy atom. The molecule has 0 radical (unpaired) electrons. The standard InChI is InChI=1S/C26H28F2N6O2/c1-34-10-2-3-17(13-34)31-26(35)18-11-21(16-6-9-22(30-12-16)36-14-15-4-5-15)32-24(23(18)27)20-8-7-19(29)25(28)33-20/h6-9,11-12,15,17H,2-5,10,13-14,29H2,1H3,(H,31,35)/t17-/m0/s1. The molecule has 1 saturated heterocycles. The molecule has 1 amide bonds. The van der Waals surface area contributed by atoms with Gasteiger partial charge in [0.2, 0.25) is 11.8 Å². The molecule has 3 N–H and O–H groups in total. The van der Waals surface area contributed by atoms with Crippen LogP contribution in [0.5, 0.6) is 5.88 Å². The van der Waals surface area contributed by atoms with Gasteiger partial charge in [-0.3, -0.25) is 4.79 Å². The Morgan fingerprint density at radius 1 is 1.17 bits per heavy atom. The van der Waals surface area contributed by atoms with Crippen molar-refractivity contribution in [1.82, 2.24) is 25.2 Å². The Bertz CT molecular complexity index is 1270. The van der Waals surface area contributed by atoms with E-state index < -0.39 is 17.7 Å². The number of hydrogen-bond acceptors (Lipinski definition) is 7. The lowest BCUT2D eigenvalue weighted by Gasteiger charge is -2.30. The summed E-state index contributed by atoms with van der Waals surface area (Å²) in [5, 5.41) is 2.93. The first-order valence-electron chi connectivity index (χ1n) is 12.1. The molecule has 1 aliphatic carbocycles. The second kappa shape index (κ2) is 10.1. The fraction of sp³-hybridized carbons (Fsp3) is 0.385. The van der Waals surface area contributed by atoms with Gasteiger partial charge in [-0.05, 0) is 69.5 Å². The maximum absolute atomic E-state index is 15.7. The molecule has 36 heavy (non-hydrogen) atoms. The number of nitrogens with two attached hydrogens (primary N) is 1. The summed E-state index contributed by atoms with van der Waals surface area (Å²) in [5.41, 5.74) is 5.72. The molecule has 0 unspecified atom stereocenters. The molecule has 2 aliphatic rings. The smallest absolute Gasteiger partial charge is 0.254 e. The van der Waals surface area contributed by atoms with E-state index in [4.69, 9.17) is 10.5 Å². The predicted octanol–water partition coefficient (Wildman–Crippen LogP) is 3.68. The van der Waals surface area contributed by atoms with Gasteiger partial charge < -0.3 is 20.7 Å². The number of carbonyl (C=O) groups excluding carboxylic acids is 1. The molecule has 5 rings (SSSR count). The SMILES string of the molecule is CN1CCC[C@H](NC(=O)c2cc(-c3ccc(OCC4CC4)nc3)nc(-c3ccc(N)c(F)n3)c2F)C1. The molecular formula is C26H28F2N6O2. The number of nitrogens with one attached hydrogen (secondary N) is 1. The third kappa shape index (κ3) is 5.43. The van der Waals surface area contributed by atoms with Gasteiger partial charge in [-0.15, -0.1) is 0 Å². The Morgan fingerprint density at radius 2 is 2.00 bits per heavy atom. The Balaban J connectivity index is 1.50. The third-order valence-electron chi connectivity index (χ3n) is 6.48. The lowest BCUT2D eigenvalue weighted by atomic mass is 10.0. The number of ether oxygens (including phenoxy) is 1. The zero-order valence-corrected chi connectivity index (χ0v) is 20.0. The third-order valence-corrected chi connectivity index (χ3v) is 6.48. The van der Waals surface area contributed by atoms with Gasteiger partial charge >= 0.3 is 0 Å². The van der Waals surface area contributed by atoms with Crippen molar-refractivity contribution in [1.29, 1.82) is 0 Å². The number of anilines is 1. The topological polar surface area (TPSA) is 106 Å². The molecule has 8 nitrogen and oxygen atoms in total. The first kappa shape index (κ1) is 24.1. The highest BCUT2D eigenvalue weighted by atomic mass is 19.1. The van der Waals surface area contributed by atoms with Crippen molar-refractivity contribution in [3.05, 3.63) is 53.9 Å².